The third-order valence-electron chi connectivity index (χ3n) is 3.61. The summed E-state index contributed by atoms with van der Waals surface area (Å²) in [5.74, 6) is -0.157. The highest BCUT2D eigenvalue weighted by molar-refractivity contribution is 6.35. The summed E-state index contributed by atoms with van der Waals surface area (Å²) in [6.45, 7) is 1.83. The molecule has 0 saturated carbocycles. The molecule has 2 aromatic carbocycles. The second kappa shape index (κ2) is 6.44. The molecule has 3 aromatic rings. The Morgan fingerprint density at radius 1 is 1.00 bits per heavy atom. The Balaban J connectivity index is 1.86. The van der Waals surface area contributed by atoms with E-state index in [1.54, 1.807) is 18.2 Å². The highest BCUT2D eigenvalue weighted by Crippen LogP contribution is 2.26. The first-order valence-corrected chi connectivity index (χ1v) is 8.10. The molecule has 6 heteroatoms. The fraction of sp³-hybridized carbons (Fsp3) is 0.118. The molecule has 1 aromatic heterocycles. The molecule has 1 atom stereocenters. The molecule has 1 N–H and O–H groups in total. The smallest absolute Gasteiger partial charge is 0.247 e. The minimum absolute atomic E-state index is 0.157. The van der Waals surface area contributed by atoms with Crippen LogP contribution in [0.1, 0.15) is 13.0 Å². The molecule has 0 aliphatic carbocycles. The van der Waals surface area contributed by atoms with Crippen molar-refractivity contribution in [3.63, 3.8) is 0 Å². The molecule has 1 unspecified atom stereocenters. The van der Waals surface area contributed by atoms with E-state index < -0.39 is 6.04 Å². The Kier molecular flexibility index (Phi) is 4.53. The zero-order chi connectivity index (χ0) is 16.6. The van der Waals surface area contributed by atoms with Crippen LogP contribution in [0.3, 0.4) is 0 Å². The zero-order valence-electron chi connectivity index (χ0n) is 12.2. The van der Waals surface area contributed by atoms with Crippen LogP contribution in [-0.4, -0.2) is 10.5 Å². The fourth-order valence-electron chi connectivity index (χ4n) is 2.47. The second-order valence-corrected chi connectivity index (χ2v) is 6.56. The van der Waals surface area contributed by atoms with Crippen LogP contribution in [0.15, 0.2) is 48.7 Å². The van der Waals surface area contributed by atoms with Crippen LogP contribution < -0.4 is 5.32 Å². The van der Waals surface area contributed by atoms with Gasteiger partial charge in [-0.15, -0.1) is 0 Å². The molecule has 0 bridgehead atoms. The van der Waals surface area contributed by atoms with Gasteiger partial charge in [0, 0.05) is 37.9 Å². The fourth-order valence-corrected chi connectivity index (χ4v) is 3.18. The lowest BCUT2D eigenvalue weighted by Gasteiger charge is -2.16. The first kappa shape index (κ1) is 16.2. The van der Waals surface area contributed by atoms with Crippen molar-refractivity contribution in [3.05, 3.63) is 63.7 Å². The van der Waals surface area contributed by atoms with Gasteiger partial charge in [0.2, 0.25) is 5.91 Å². The number of anilines is 1. The van der Waals surface area contributed by atoms with E-state index in [4.69, 9.17) is 34.8 Å². The van der Waals surface area contributed by atoms with Crippen LogP contribution in [0.2, 0.25) is 15.1 Å². The number of aromatic nitrogens is 1. The number of hydrogen-bond donors (Lipinski definition) is 1. The van der Waals surface area contributed by atoms with E-state index in [-0.39, 0.29) is 5.91 Å². The molecule has 0 aliphatic heterocycles. The van der Waals surface area contributed by atoms with Crippen molar-refractivity contribution in [3.8, 4) is 0 Å². The first-order chi connectivity index (χ1) is 10.9. The van der Waals surface area contributed by atoms with Crippen molar-refractivity contribution in [2.45, 2.75) is 13.0 Å². The van der Waals surface area contributed by atoms with Crippen LogP contribution >= 0.6 is 34.8 Å². The predicted molar refractivity (Wildman–Crippen MR) is 96.8 cm³/mol. The maximum Gasteiger partial charge on any atom is 0.247 e. The van der Waals surface area contributed by atoms with Gasteiger partial charge >= 0.3 is 0 Å². The molecular formula is C17H13Cl3N2O. The first-order valence-electron chi connectivity index (χ1n) is 6.97. The van der Waals surface area contributed by atoms with E-state index in [0.717, 1.165) is 10.9 Å². The van der Waals surface area contributed by atoms with Gasteiger partial charge in [-0.2, -0.15) is 0 Å². The lowest BCUT2D eigenvalue weighted by atomic mass is 10.2. The number of halogens is 3. The quantitative estimate of drug-likeness (QED) is 0.623. The Bertz CT molecular complexity index is 868. The number of hydrogen-bond acceptors (Lipinski definition) is 1. The Hall–Kier alpha value is -1.68. The molecule has 3 nitrogen and oxygen atoms in total. The van der Waals surface area contributed by atoms with Crippen molar-refractivity contribution in [2.75, 3.05) is 5.32 Å². The van der Waals surface area contributed by atoms with Crippen LogP contribution in [0, 0.1) is 0 Å². The molecule has 1 heterocycles. The van der Waals surface area contributed by atoms with Gasteiger partial charge in [-0.3, -0.25) is 4.79 Å². The lowest BCUT2D eigenvalue weighted by molar-refractivity contribution is -0.118. The lowest BCUT2D eigenvalue weighted by Crippen LogP contribution is -2.23. The molecule has 0 spiro atoms. The average molecular weight is 368 g/mol. The van der Waals surface area contributed by atoms with E-state index >= 15 is 0 Å². The summed E-state index contributed by atoms with van der Waals surface area (Å²) in [7, 11) is 0. The van der Waals surface area contributed by atoms with E-state index in [0.29, 0.717) is 20.8 Å². The molecule has 3 rings (SSSR count). The van der Waals surface area contributed by atoms with Crippen LogP contribution in [-0.2, 0) is 4.79 Å². The maximum absolute atomic E-state index is 12.5. The molecule has 0 fully saturated rings. The van der Waals surface area contributed by atoms with Gasteiger partial charge in [-0.25, -0.2) is 0 Å². The van der Waals surface area contributed by atoms with Gasteiger partial charge in [0.15, 0.2) is 0 Å². The van der Waals surface area contributed by atoms with Gasteiger partial charge in [0.05, 0.1) is 0 Å². The summed E-state index contributed by atoms with van der Waals surface area (Å²) in [6.07, 6.45) is 1.87. The Morgan fingerprint density at radius 2 is 1.70 bits per heavy atom. The number of carbonyl (C=O) groups is 1. The third kappa shape index (κ3) is 3.47. The molecule has 1 amide bonds. The van der Waals surface area contributed by atoms with E-state index in [1.807, 2.05) is 42.0 Å². The predicted octanol–water partition coefficient (Wildman–Crippen LogP) is 5.80. The van der Waals surface area contributed by atoms with Gasteiger partial charge in [-0.1, -0.05) is 34.8 Å². The van der Waals surface area contributed by atoms with Gasteiger partial charge in [0.1, 0.15) is 6.04 Å². The van der Waals surface area contributed by atoms with Crippen molar-refractivity contribution in [2.24, 2.45) is 0 Å². The van der Waals surface area contributed by atoms with E-state index in [2.05, 4.69) is 5.32 Å². The highest BCUT2D eigenvalue weighted by Gasteiger charge is 2.17. The molecule has 118 valence electrons. The standard InChI is InChI=1S/C17H13Cl3N2O/c1-10(17(23)21-15-8-13(19)7-14(20)9-15)22-5-4-11-6-12(18)2-3-16(11)22/h2-10H,1H3,(H,21,23). The Labute approximate surface area is 148 Å². The van der Waals surface area contributed by atoms with Gasteiger partial charge in [-0.05, 0) is 49.4 Å². The summed E-state index contributed by atoms with van der Waals surface area (Å²) < 4.78 is 1.90. The van der Waals surface area contributed by atoms with Crippen LogP contribution in [0.25, 0.3) is 10.9 Å². The summed E-state index contributed by atoms with van der Waals surface area (Å²) >= 11 is 17.9. The highest BCUT2D eigenvalue weighted by atomic mass is 35.5. The number of nitrogens with zero attached hydrogens (tertiary/aromatic N) is 1. The minimum atomic E-state index is -0.397. The van der Waals surface area contributed by atoms with E-state index in [1.165, 1.54) is 0 Å². The zero-order valence-corrected chi connectivity index (χ0v) is 14.5. The summed E-state index contributed by atoms with van der Waals surface area (Å²) in [6, 6.07) is 12.0. The molecular weight excluding hydrogens is 355 g/mol. The monoisotopic (exact) mass is 366 g/mol. The van der Waals surface area contributed by atoms with Crippen LogP contribution in [0.5, 0.6) is 0 Å². The number of amides is 1. The number of fused-ring (bicyclic) bond motifs is 1. The number of benzene rings is 2. The van der Waals surface area contributed by atoms with Crippen LogP contribution in [0.4, 0.5) is 5.69 Å². The summed E-state index contributed by atoms with van der Waals surface area (Å²) in [4.78, 5) is 12.5. The van der Waals surface area contributed by atoms with Crippen molar-refractivity contribution in [1.29, 1.82) is 0 Å². The largest absolute Gasteiger partial charge is 0.335 e. The Morgan fingerprint density at radius 3 is 2.39 bits per heavy atom. The normalized spacial score (nSPS) is 12.3. The topological polar surface area (TPSA) is 34.0 Å². The summed E-state index contributed by atoms with van der Waals surface area (Å²) in [5.41, 5.74) is 1.51. The van der Waals surface area contributed by atoms with Crippen molar-refractivity contribution in [1.82, 2.24) is 4.57 Å². The molecule has 0 radical (unpaired) electrons. The van der Waals surface area contributed by atoms with Crippen molar-refractivity contribution >= 4 is 57.3 Å². The number of nitrogens with one attached hydrogen (secondary N) is 1. The average Bonchev–Trinajstić information content (AvgIpc) is 2.88. The molecule has 23 heavy (non-hydrogen) atoms. The van der Waals surface area contributed by atoms with Crippen molar-refractivity contribution < 1.29 is 4.79 Å². The number of rotatable bonds is 3. The van der Waals surface area contributed by atoms with Gasteiger partial charge in [0.25, 0.3) is 0 Å². The summed E-state index contributed by atoms with van der Waals surface area (Å²) in [5, 5.41) is 5.44. The maximum atomic E-state index is 12.5. The SMILES string of the molecule is CC(C(=O)Nc1cc(Cl)cc(Cl)c1)n1ccc2cc(Cl)ccc21. The molecule has 0 saturated heterocycles. The third-order valence-corrected chi connectivity index (χ3v) is 4.28. The van der Waals surface area contributed by atoms with Gasteiger partial charge < -0.3 is 9.88 Å². The second-order valence-electron chi connectivity index (χ2n) is 5.25. The minimum Gasteiger partial charge on any atom is -0.335 e. The molecule has 0 aliphatic rings. The number of carbonyl (C=O) groups excluding carboxylic acids is 1. The van der Waals surface area contributed by atoms with E-state index in [9.17, 15) is 4.79 Å².